The zero-order chi connectivity index (χ0) is 13.5. The predicted octanol–water partition coefficient (Wildman–Crippen LogP) is 2.89. The highest BCUT2D eigenvalue weighted by molar-refractivity contribution is 4.65. The molecule has 0 heterocycles. The van der Waals surface area contributed by atoms with Crippen molar-refractivity contribution >= 4 is 0 Å². The van der Waals surface area contributed by atoms with Crippen LogP contribution in [0, 0.1) is 0 Å². The molecule has 2 nitrogen and oxygen atoms in total. The van der Waals surface area contributed by atoms with Crippen LogP contribution in [-0.2, 0) is 4.74 Å². The maximum atomic E-state index is 11.8. The van der Waals surface area contributed by atoms with Gasteiger partial charge in [-0.15, -0.1) is 0 Å². The number of nitrogens with one attached hydrogen (secondary N) is 1. The van der Waals surface area contributed by atoms with E-state index in [2.05, 4.69) is 10.1 Å². The van der Waals surface area contributed by atoms with E-state index in [9.17, 15) is 26.3 Å². The monoisotopic (exact) mass is 267 g/mol. The summed E-state index contributed by atoms with van der Waals surface area (Å²) in [6.45, 7) is -1.64. The minimum absolute atomic E-state index is 0.119. The van der Waals surface area contributed by atoms with Crippen LogP contribution in [0.15, 0.2) is 0 Å². The highest BCUT2D eigenvalue weighted by atomic mass is 19.4. The van der Waals surface area contributed by atoms with E-state index in [1.807, 2.05) is 0 Å². The molecule has 0 aliphatic heterocycles. The summed E-state index contributed by atoms with van der Waals surface area (Å²) >= 11 is 0. The lowest BCUT2D eigenvalue weighted by molar-refractivity contribution is -0.175. The molecule has 0 aromatic rings. The van der Waals surface area contributed by atoms with Crippen LogP contribution in [0.2, 0.25) is 0 Å². The molecule has 1 N–H and O–H groups in total. The smallest absolute Gasteiger partial charge is 0.370 e. The Labute approximate surface area is 95.3 Å². The lowest BCUT2D eigenvalue weighted by atomic mass is 10.1. The van der Waals surface area contributed by atoms with Crippen molar-refractivity contribution in [1.82, 2.24) is 5.32 Å². The normalized spacial score (nSPS) is 15.0. The van der Waals surface area contributed by atoms with Crippen LogP contribution in [-0.4, -0.2) is 38.7 Å². The minimum Gasteiger partial charge on any atom is -0.370 e. The largest absolute Gasteiger partial charge is 0.411 e. The van der Waals surface area contributed by atoms with Crippen LogP contribution in [0.25, 0.3) is 0 Å². The van der Waals surface area contributed by atoms with Crippen LogP contribution in [0.4, 0.5) is 26.3 Å². The third-order valence-corrected chi connectivity index (χ3v) is 2.01. The Kier molecular flexibility index (Phi) is 6.84. The summed E-state index contributed by atoms with van der Waals surface area (Å²) in [5.74, 6) is 0. The Morgan fingerprint density at radius 1 is 1.06 bits per heavy atom. The highest BCUT2D eigenvalue weighted by Crippen LogP contribution is 2.22. The number of halogens is 6. The first-order chi connectivity index (χ1) is 7.64. The van der Waals surface area contributed by atoms with Crippen molar-refractivity contribution in [2.24, 2.45) is 0 Å². The lowest BCUT2D eigenvalue weighted by Gasteiger charge is -2.17. The van der Waals surface area contributed by atoms with Crippen molar-refractivity contribution in [2.45, 2.75) is 37.7 Å². The van der Waals surface area contributed by atoms with Gasteiger partial charge in [-0.25, -0.2) is 0 Å². The van der Waals surface area contributed by atoms with Crippen molar-refractivity contribution in [3.8, 4) is 0 Å². The van der Waals surface area contributed by atoms with Gasteiger partial charge in [-0.3, -0.25) is 0 Å². The van der Waals surface area contributed by atoms with Gasteiger partial charge in [0.15, 0.2) is 0 Å². The Balaban J connectivity index is 3.70. The summed E-state index contributed by atoms with van der Waals surface area (Å²) in [6.07, 6.45) is -9.60. The van der Waals surface area contributed by atoms with E-state index in [0.29, 0.717) is 0 Å². The first kappa shape index (κ1) is 16.5. The van der Waals surface area contributed by atoms with Crippen LogP contribution in [0.5, 0.6) is 0 Å². The van der Waals surface area contributed by atoms with Crippen molar-refractivity contribution in [2.75, 3.05) is 20.3 Å². The summed E-state index contributed by atoms with van der Waals surface area (Å²) in [4.78, 5) is 0. The Morgan fingerprint density at radius 2 is 1.65 bits per heavy atom. The second-order valence-electron chi connectivity index (χ2n) is 3.62. The molecule has 17 heavy (non-hydrogen) atoms. The summed E-state index contributed by atoms with van der Waals surface area (Å²) in [6, 6.07) is -0.500. The van der Waals surface area contributed by atoms with Gasteiger partial charge in [0.1, 0.15) is 6.61 Å². The van der Waals surface area contributed by atoms with Crippen LogP contribution >= 0.6 is 0 Å². The van der Waals surface area contributed by atoms with Gasteiger partial charge >= 0.3 is 12.4 Å². The first-order valence-electron chi connectivity index (χ1n) is 5.02. The number of ether oxygens (including phenoxy) is 1. The average molecular weight is 267 g/mol. The molecule has 0 radical (unpaired) electrons. The molecular weight excluding hydrogens is 252 g/mol. The number of hydrogen-bond acceptors (Lipinski definition) is 2. The summed E-state index contributed by atoms with van der Waals surface area (Å²) in [5.41, 5.74) is 0. The number of likely N-dealkylation sites (N-methyl/N-ethyl adjacent to an activating group) is 1. The standard InChI is InChI=1S/C9H15F6NO/c1-16-7(3-2-4-8(10,11)12)5-17-6-9(13,14)15/h7,16H,2-6H2,1H3. The fourth-order valence-electron chi connectivity index (χ4n) is 1.18. The Hall–Kier alpha value is -0.500. The fourth-order valence-corrected chi connectivity index (χ4v) is 1.18. The first-order valence-corrected chi connectivity index (χ1v) is 5.02. The van der Waals surface area contributed by atoms with E-state index in [1.165, 1.54) is 7.05 Å². The quantitative estimate of drug-likeness (QED) is 0.716. The zero-order valence-electron chi connectivity index (χ0n) is 9.29. The number of alkyl halides is 6. The molecule has 0 aliphatic rings. The topological polar surface area (TPSA) is 21.3 Å². The highest BCUT2D eigenvalue weighted by Gasteiger charge is 2.28. The van der Waals surface area contributed by atoms with E-state index >= 15 is 0 Å². The zero-order valence-corrected chi connectivity index (χ0v) is 9.29. The molecule has 8 heteroatoms. The SMILES string of the molecule is CNC(CCCC(F)(F)F)COCC(F)(F)F. The van der Waals surface area contributed by atoms with Gasteiger partial charge in [-0.05, 0) is 19.9 Å². The van der Waals surface area contributed by atoms with E-state index in [0.717, 1.165) is 0 Å². The fraction of sp³-hybridized carbons (Fsp3) is 1.00. The van der Waals surface area contributed by atoms with Crippen LogP contribution < -0.4 is 5.32 Å². The molecule has 1 unspecified atom stereocenters. The molecular formula is C9H15F6NO. The molecule has 0 aromatic heterocycles. The molecule has 0 bridgehead atoms. The third-order valence-electron chi connectivity index (χ3n) is 2.01. The lowest BCUT2D eigenvalue weighted by Crippen LogP contribution is -2.32. The minimum atomic E-state index is -4.41. The van der Waals surface area contributed by atoms with Gasteiger partial charge in [-0.1, -0.05) is 0 Å². The maximum Gasteiger partial charge on any atom is 0.411 e. The molecule has 0 spiro atoms. The molecule has 1 atom stereocenters. The molecule has 0 fully saturated rings. The van der Waals surface area contributed by atoms with E-state index in [-0.39, 0.29) is 19.4 Å². The number of hydrogen-bond donors (Lipinski definition) is 1. The van der Waals surface area contributed by atoms with E-state index < -0.39 is 31.4 Å². The Morgan fingerprint density at radius 3 is 2.06 bits per heavy atom. The molecule has 0 saturated carbocycles. The molecule has 0 aromatic carbocycles. The molecule has 104 valence electrons. The summed E-state index contributed by atoms with van der Waals surface area (Å²) in [5, 5.41) is 2.61. The maximum absolute atomic E-state index is 11.8. The number of rotatable bonds is 7. The van der Waals surface area contributed by atoms with Gasteiger partial charge < -0.3 is 10.1 Å². The van der Waals surface area contributed by atoms with Crippen molar-refractivity contribution in [3.63, 3.8) is 0 Å². The Bertz CT molecular complexity index is 183. The van der Waals surface area contributed by atoms with Crippen molar-refractivity contribution in [1.29, 1.82) is 0 Å². The molecule has 0 amide bonds. The van der Waals surface area contributed by atoms with Gasteiger partial charge in [0.2, 0.25) is 0 Å². The van der Waals surface area contributed by atoms with Crippen LogP contribution in [0.1, 0.15) is 19.3 Å². The van der Waals surface area contributed by atoms with E-state index in [4.69, 9.17) is 0 Å². The van der Waals surface area contributed by atoms with E-state index in [1.54, 1.807) is 0 Å². The second kappa shape index (κ2) is 7.05. The van der Waals surface area contributed by atoms with Gasteiger partial charge in [0.25, 0.3) is 0 Å². The predicted molar refractivity (Wildman–Crippen MR) is 49.6 cm³/mol. The van der Waals surface area contributed by atoms with Crippen molar-refractivity contribution < 1.29 is 31.1 Å². The van der Waals surface area contributed by atoms with Gasteiger partial charge in [-0.2, -0.15) is 26.3 Å². The summed E-state index contributed by atoms with van der Waals surface area (Å²) in [7, 11) is 1.47. The summed E-state index contributed by atoms with van der Waals surface area (Å²) < 4.78 is 75.0. The average Bonchev–Trinajstić information content (AvgIpc) is 2.11. The second-order valence-corrected chi connectivity index (χ2v) is 3.62. The molecule has 0 rings (SSSR count). The third kappa shape index (κ3) is 11.8. The van der Waals surface area contributed by atoms with Gasteiger partial charge in [0.05, 0.1) is 6.61 Å². The molecule has 0 saturated heterocycles. The molecule has 0 aliphatic carbocycles. The van der Waals surface area contributed by atoms with Gasteiger partial charge in [0, 0.05) is 12.5 Å². The van der Waals surface area contributed by atoms with Crippen LogP contribution in [0.3, 0.4) is 0 Å². The van der Waals surface area contributed by atoms with Crippen molar-refractivity contribution in [3.05, 3.63) is 0 Å².